The molecule has 3 aliphatic heterocycles. The van der Waals surface area contributed by atoms with Crippen LogP contribution in [0.3, 0.4) is 0 Å². The molecule has 3 atom stereocenters. The molecule has 6 aromatic rings. The maximum Gasteiger partial charge on any atom is 0.208 e. The highest BCUT2D eigenvalue weighted by atomic mass is 32.2. The molecule has 0 fully saturated rings. The molecular weight excluding hydrogens is 729 g/mol. The van der Waals surface area contributed by atoms with Crippen molar-refractivity contribution in [2.75, 3.05) is 4.90 Å². The summed E-state index contributed by atoms with van der Waals surface area (Å²) in [6, 6.07) is 51.9. The van der Waals surface area contributed by atoms with Crippen LogP contribution in [0.25, 0.3) is 33.5 Å². The third kappa shape index (κ3) is 5.86. The van der Waals surface area contributed by atoms with E-state index in [0.717, 1.165) is 39.3 Å². The van der Waals surface area contributed by atoms with Gasteiger partial charge in [-0.2, -0.15) is 0 Å². The maximum atomic E-state index is 13.9. The summed E-state index contributed by atoms with van der Waals surface area (Å²) in [6.45, 7) is 8.32. The zero-order chi connectivity index (χ0) is 39.4. The summed E-state index contributed by atoms with van der Waals surface area (Å²) < 4.78 is 27.8. The summed E-state index contributed by atoms with van der Waals surface area (Å²) in [7, 11) is -3.77. The van der Waals surface area contributed by atoms with Gasteiger partial charge in [0.25, 0.3) is 0 Å². The van der Waals surface area contributed by atoms with Gasteiger partial charge in [0, 0.05) is 39.7 Å². The van der Waals surface area contributed by atoms with Crippen LogP contribution in [0.15, 0.2) is 217 Å². The fourth-order valence-electron chi connectivity index (χ4n) is 9.04. The number of anilines is 2. The summed E-state index contributed by atoms with van der Waals surface area (Å²) in [4.78, 5) is 2.88. The molecule has 3 unspecified atom stereocenters. The Bertz CT molecular complexity index is 2930. The van der Waals surface area contributed by atoms with E-state index < -0.39 is 9.84 Å². The zero-order valence-electron chi connectivity index (χ0n) is 31.8. The van der Waals surface area contributed by atoms with E-state index in [2.05, 4.69) is 175 Å². The smallest absolute Gasteiger partial charge is 0.208 e. The topological polar surface area (TPSA) is 49.4 Å². The van der Waals surface area contributed by atoms with Gasteiger partial charge in [0.1, 0.15) is 0 Å². The Morgan fingerprint density at radius 2 is 1.40 bits per heavy atom. The third-order valence-electron chi connectivity index (χ3n) is 11.7. The molecule has 5 heteroatoms. The first-order chi connectivity index (χ1) is 28.4. The lowest BCUT2D eigenvalue weighted by atomic mass is 9.88. The van der Waals surface area contributed by atoms with Gasteiger partial charge in [-0.1, -0.05) is 165 Å². The van der Waals surface area contributed by atoms with Crippen molar-refractivity contribution in [1.29, 1.82) is 0 Å². The molecule has 58 heavy (non-hydrogen) atoms. The molecule has 1 N–H and O–H groups in total. The number of rotatable bonds is 7. The lowest BCUT2D eigenvalue weighted by Crippen LogP contribution is -2.28. The van der Waals surface area contributed by atoms with E-state index in [1.807, 2.05) is 24.3 Å². The lowest BCUT2D eigenvalue weighted by molar-refractivity contribution is 0.604. The lowest BCUT2D eigenvalue weighted by Gasteiger charge is -2.29. The molecule has 4 aliphatic rings. The van der Waals surface area contributed by atoms with Crippen LogP contribution in [0.2, 0.25) is 0 Å². The van der Waals surface area contributed by atoms with E-state index in [9.17, 15) is 8.42 Å². The van der Waals surface area contributed by atoms with Crippen molar-refractivity contribution in [2.24, 2.45) is 0 Å². The normalized spacial score (nSPS) is 20.7. The number of sulfone groups is 1. The van der Waals surface area contributed by atoms with Crippen LogP contribution in [-0.2, 0) is 9.84 Å². The SMILES string of the molecule is C=C/C(=C1\C(=C)c2ccccc2S1(=O)=O)c1cccc(N2c3ccc(-c4ccccc4C4=CC(c5ccccc5)=CC(c5ccccc5)N4)cc3C3C=CC=CC32)c1. The number of nitrogens with zero attached hydrogens (tertiary/aromatic N) is 1. The number of nitrogens with one attached hydrogen (secondary N) is 1. The zero-order valence-corrected chi connectivity index (χ0v) is 32.6. The van der Waals surface area contributed by atoms with Gasteiger partial charge in [-0.15, -0.1) is 0 Å². The molecule has 0 spiro atoms. The van der Waals surface area contributed by atoms with Crippen molar-refractivity contribution < 1.29 is 8.42 Å². The summed E-state index contributed by atoms with van der Waals surface area (Å²) in [5, 5.41) is 3.88. The van der Waals surface area contributed by atoms with E-state index in [1.165, 1.54) is 22.3 Å². The van der Waals surface area contributed by atoms with Gasteiger partial charge >= 0.3 is 0 Å². The first-order valence-corrected chi connectivity index (χ1v) is 21.1. The minimum absolute atomic E-state index is 0.00754. The third-order valence-corrected chi connectivity index (χ3v) is 13.7. The van der Waals surface area contributed by atoms with Crippen LogP contribution < -0.4 is 10.2 Å². The second-order valence-corrected chi connectivity index (χ2v) is 16.9. The van der Waals surface area contributed by atoms with Gasteiger partial charge in [-0.05, 0) is 87.0 Å². The quantitative estimate of drug-likeness (QED) is 0.176. The number of hydrogen-bond donors (Lipinski definition) is 1. The standard InChI is InChI=1S/C53H40N2O2S/c1-3-42(53-35(2)43-23-13-15-28-52(43)58(53,56)57)38-21-16-22-41(31-38)55-50-27-14-12-26-46(50)47-32-39(29-30-51(47)55)44-24-10-11-25-45(44)49-34-40(36-17-6-4-7-18-36)33-48(54-49)37-19-8-5-9-20-37/h3-34,46,48,50,54H,1-2H2/b53-42-. The first kappa shape index (κ1) is 35.5. The Balaban J connectivity index is 1.05. The summed E-state index contributed by atoms with van der Waals surface area (Å²) in [5.74, 6) is 0.125. The molecule has 0 amide bonds. The van der Waals surface area contributed by atoms with Crippen molar-refractivity contribution in [3.63, 3.8) is 0 Å². The molecule has 0 radical (unpaired) electrons. The molecule has 10 rings (SSSR count). The van der Waals surface area contributed by atoms with E-state index in [0.29, 0.717) is 16.7 Å². The highest BCUT2D eigenvalue weighted by Gasteiger charge is 2.39. The fourth-order valence-corrected chi connectivity index (χ4v) is 10.9. The second-order valence-electron chi connectivity index (χ2n) is 15.0. The van der Waals surface area contributed by atoms with Crippen LogP contribution in [0.4, 0.5) is 11.4 Å². The Hall–Kier alpha value is -6.95. The van der Waals surface area contributed by atoms with Crippen LogP contribution in [-0.4, -0.2) is 14.5 Å². The van der Waals surface area contributed by atoms with Crippen molar-refractivity contribution in [3.8, 4) is 11.1 Å². The molecule has 0 bridgehead atoms. The number of benzene rings is 6. The van der Waals surface area contributed by atoms with E-state index >= 15 is 0 Å². The van der Waals surface area contributed by atoms with E-state index in [4.69, 9.17) is 0 Å². The monoisotopic (exact) mass is 768 g/mol. The minimum Gasteiger partial charge on any atom is -0.374 e. The largest absolute Gasteiger partial charge is 0.374 e. The highest BCUT2D eigenvalue weighted by molar-refractivity contribution is 7.96. The average molecular weight is 769 g/mol. The van der Waals surface area contributed by atoms with Gasteiger partial charge < -0.3 is 10.2 Å². The minimum atomic E-state index is -3.77. The van der Waals surface area contributed by atoms with Gasteiger partial charge in [0.05, 0.1) is 21.9 Å². The van der Waals surface area contributed by atoms with E-state index in [1.54, 1.807) is 18.2 Å². The average Bonchev–Trinajstić information content (AvgIpc) is 3.71. The Morgan fingerprint density at radius 3 is 2.17 bits per heavy atom. The van der Waals surface area contributed by atoms with Gasteiger partial charge in [-0.25, -0.2) is 8.42 Å². The van der Waals surface area contributed by atoms with Crippen molar-refractivity contribution in [2.45, 2.75) is 22.9 Å². The van der Waals surface area contributed by atoms with Crippen molar-refractivity contribution in [1.82, 2.24) is 5.32 Å². The van der Waals surface area contributed by atoms with Gasteiger partial charge in [0.15, 0.2) is 0 Å². The molecule has 0 saturated carbocycles. The van der Waals surface area contributed by atoms with Crippen LogP contribution >= 0.6 is 0 Å². The molecular formula is C53H40N2O2S. The Morgan fingerprint density at radius 1 is 0.690 bits per heavy atom. The predicted molar refractivity (Wildman–Crippen MR) is 240 cm³/mol. The molecule has 0 aromatic heterocycles. The number of dihydropyridines is 1. The molecule has 3 heterocycles. The second kappa shape index (κ2) is 14.2. The number of fused-ring (bicyclic) bond motifs is 4. The first-order valence-electron chi connectivity index (χ1n) is 19.6. The number of hydrogen-bond acceptors (Lipinski definition) is 4. The van der Waals surface area contributed by atoms with Gasteiger partial charge in [-0.3, -0.25) is 0 Å². The molecule has 1 aliphatic carbocycles. The van der Waals surface area contributed by atoms with Crippen LogP contribution in [0, 0.1) is 0 Å². The molecule has 280 valence electrons. The summed E-state index contributed by atoms with van der Waals surface area (Å²) in [5.41, 5.74) is 13.9. The maximum absolute atomic E-state index is 13.9. The highest BCUT2D eigenvalue weighted by Crippen LogP contribution is 2.51. The molecule has 0 saturated heterocycles. The summed E-state index contributed by atoms with van der Waals surface area (Å²) in [6.07, 6.45) is 15.0. The Labute approximate surface area is 340 Å². The van der Waals surface area contributed by atoms with Crippen molar-refractivity contribution in [3.05, 3.63) is 246 Å². The fraction of sp³-hybridized carbons (Fsp3) is 0.0566. The van der Waals surface area contributed by atoms with E-state index in [-0.39, 0.29) is 27.8 Å². The predicted octanol–water partition coefficient (Wildman–Crippen LogP) is 12.3. The van der Waals surface area contributed by atoms with Crippen LogP contribution in [0.5, 0.6) is 0 Å². The Kier molecular flexibility index (Phi) is 8.69. The molecule has 4 nitrogen and oxygen atoms in total. The van der Waals surface area contributed by atoms with Crippen molar-refractivity contribution >= 4 is 43.6 Å². The molecule has 6 aromatic carbocycles. The van der Waals surface area contributed by atoms with Crippen LogP contribution in [0.1, 0.15) is 45.3 Å². The number of allylic oxidation sites excluding steroid dienone is 7. The summed E-state index contributed by atoms with van der Waals surface area (Å²) >= 11 is 0. The van der Waals surface area contributed by atoms with Gasteiger partial charge in [0.2, 0.25) is 9.84 Å².